The van der Waals surface area contributed by atoms with E-state index in [0.29, 0.717) is 17.7 Å². The Bertz CT molecular complexity index is 1250. The van der Waals surface area contributed by atoms with Gasteiger partial charge in [-0.15, -0.1) is 34.7 Å². The van der Waals surface area contributed by atoms with E-state index in [0.717, 1.165) is 16.9 Å². The number of alkyl halides is 1. The molecule has 190 valence electrons. The van der Waals surface area contributed by atoms with Crippen LogP contribution in [0.5, 0.6) is 5.75 Å². The molecule has 11 nitrogen and oxygen atoms in total. The summed E-state index contributed by atoms with van der Waals surface area (Å²) < 4.78 is 5.20. The van der Waals surface area contributed by atoms with Gasteiger partial charge in [0.2, 0.25) is 0 Å². The van der Waals surface area contributed by atoms with Crippen molar-refractivity contribution in [1.29, 1.82) is 0 Å². The Kier molecular flexibility index (Phi) is 7.71. The number of amides is 2. The van der Waals surface area contributed by atoms with Gasteiger partial charge in [0.1, 0.15) is 35.7 Å². The lowest BCUT2D eigenvalue weighted by atomic mass is 9.98. The normalized spacial score (nSPS) is 21.5. The van der Waals surface area contributed by atoms with Gasteiger partial charge in [-0.3, -0.25) is 14.5 Å². The first-order valence-corrected chi connectivity index (χ1v) is 12.9. The highest BCUT2D eigenvalue weighted by molar-refractivity contribution is 8.00. The number of fused-ring (bicyclic) bond motifs is 1. The number of rotatable bonds is 9. The highest BCUT2D eigenvalue weighted by Gasteiger charge is 2.56. The molecule has 36 heavy (non-hydrogen) atoms. The van der Waals surface area contributed by atoms with E-state index in [1.807, 2.05) is 24.3 Å². The third-order valence-corrected chi connectivity index (χ3v) is 8.16. The average molecular weight is 552 g/mol. The van der Waals surface area contributed by atoms with E-state index in [-0.39, 0.29) is 33.4 Å². The largest absolute Gasteiger partial charge is 0.497 e. The predicted molar refractivity (Wildman–Crippen MR) is 136 cm³/mol. The maximum atomic E-state index is 13.0. The summed E-state index contributed by atoms with van der Waals surface area (Å²) in [5.41, 5.74) is 6.94. The Morgan fingerprint density at radius 3 is 2.58 bits per heavy atom. The van der Waals surface area contributed by atoms with Gasteiger partial charge in [0.25, 0.3) is 11.8 Å². The fourth-order valence-corrected chi connectivity index (χ4v) is 6.58. The number of anilines is 1. The third-order valence-electron chi connectivity index (χ3n) is 5.66. The zero-order valence-electron chi connectivity index (χ0n) is 19.1. The first-order chi connectivity index (χ1) is 17.3. The number of aliphatic carboxylic acids is 1. The second kappa shape index (κ2) is 10.8. The zero-order valence-corrected chi connectivity index (χ0v) is 21.5. The number of β-lactam (4-membered cyclic amide) rings is 1. The van der Waals surface area contributed by atoms with Gasteiger partial charge in [0.15, 0.2) is 10.8 Å². The minimum Gasteiger partial charge on any atom is -0.497 e. The van der Waals surface area contributed by atoms with E-state index in [1.54, 1.807) is 12.5 Å². The number of nitrogens with two attached hydrogens (primary N) is 1. The average Bonchev–Trinajstić information content (AvgIpc) is 3.30. The van der Waals surface area contributed by atoms with Crippen molar-refractivity contribution in [2.24, 2.45) is 5.16 Å². The van der Waals surface area contributed by atoms with Crippen LogP contribution >= 0.6 is 34.7 Å². The molecule has 14 heteroatoms. The fourth-order valence-electron chi connectivity index (χ4n) is 3.97. The molecule has 2 aliphatic rings. The molecule has 0 bridgehead atoms. The molecular weight excluding hydrogens is 530 g/mol. The van der Waals surface area contributed by atoms with E-state index in [1.165, 1.54) is 23.8 Å². The number of nitrogens with zero attached hydrogens (tertiary/aromatic N) is 3. The number of halogens is 1. The van der Waals surface area contributed by atoms with Crippen molar-refractivity contribution in [2.45, 2.75) is 23.1 Å². The van der Waals surface area contributed by atoms with Crippen molar-refractivity contribution in [3.05, 3.63) is 52.2 Å². The standard InChI is InChI=1S/C22H22ClN5O6S2/c1-33-11-5-3-10(4-6-11)7-14-12(8-23)17(21(31)32)28-19(30)16(20(28)36-14)26-18(29)15(27-34-2)13-9-35-22(24)25-13/h3-6,9,14,16,20H,7-8H2,1-2H3,(H2,24,25)(H,26,29)(H,31,32)/b27-15-/t14?,16-,20-/m1/s1. The lowest BCUT2D eigenvalue weighted by Crippen LogP contribution is -2.71. The van der Waals surface area contributed by atoms with Crippen molar-refractivity contribution in [2.75, 3.05) is 25.8 Å². The maximum Gasteiger partial charge on any atom is 0.352 e. The Morgan fingerprint density at radius 2 is 2.03 bits per heavy atom. The smallest absolute Gasteiger partial charge is 0.352 e. The van der Waals surface area contributed by atoms with E-state index >= 15 is 0 Å². The number of ether oxygens (including phenoxy) is 1. The Labute approximate surface area is 219 Å². The molecule has 4 N–H and O–H groups in total. The van der Waals surface area contributed by atoms with Gasteiger partial charge in [-0.1, -0.05) is 17.3 Å². The number of carbonyl (C=O) groups is 3. The highest BCUT2D eigenvalue weighted by Crippen LogP contribution is 2.45. The van der Waals surface area contributed by atoms with Crippen LogP contribution in [-0.4, -0.2) is 75.3 Å². The molecule has 1 aromatic carbocycles. The fraction of sp³-hybridized carbons (Fsp3) is 0.318. The summed E-state index contributed by atoms with van der Waals surface area (Å²) >= 11 is 8.66. The van der Waals surface area contributed by atoms with Crippen LogP contribution in [0.1, 0.15) is 11.3 Å². The first kappa shape index (κ1) is 25.8. The number of carboxylic acid groups (broad SMARTS) is 1. The molecule has 2 aliphatic heterocycles. The van der Waals surface area contributed by atoms with Crippen LogP contribution in [0.2, 0.25) is 0 Å². The molecule has 2 aromatic rings. The molecular formula is C22H22ClN5O6S2. The van der Waals surface area contributed by atoms with Crippen LogP contribution in [-0.2, 0) is 25.6 Å². The summed E-state index contributed by atoms with van der Waals surface area (Å²) in [7, 11) is 2.85. The molecule has 0 radical (unpaired) electrons. The molecule has 2 amide bonds. The number of benzene rings is 1. The number of hydrogen-bond donors (Lipinski definition) is 3. The molecule has 1 aromatic heterocycles. The van der Waals surface area contributed by atoms with Gasteiger partial charge in [0, 0.05) is 16.5 Å². The van der Waals surface area contributed by atoms with E-state index in [4.69, 9.17) is 26.9 Å². The molecule has 0 spiro atoms. The number of nitrogen functional groups attached to an aromatic ring is 1. The second-order valence-corrected chi connectivity index (χ2v) is 10.2. The number of carbonyl (C=O) groups excluding carboxylic acids is 2. The summed E-state index contributed by atoms with van der Waals surface area (Å²) in [6.07, 6.45) is 0.473. The molecule has 1 saturated heterocycles. The number of nitrogens with one attached hydrogen (secondary N) is 1. The molecule has 0 aliphatic carbocycles. The van der Waals surface area contributed by atoms with Crippen LogP contribution in [0.15, 0.2) is 46.1 Å². The van der Waals surface area contributed by atoms with Crippen molar-refractivity contribution >= 4 is 63.3 Å². The summed E-state index contributed by atoms with van der Waals surface area (Å²) in [4.78, 5) is 48.2. The summed E-state index contributed by atoms with van der Waals surface area (Å²) in [6.45, 7) is 0. The predicted octanol–water partition coefficient (Wildman–Crippen LogP) is 1.67. The van der Waals surface area contributed by atoms with Crippen LogP contribution in [0.3, 0.4) is 0 Å². The molecule has 0 saturated carbocycles. The summed E-state index contributed by atoms with van der Waals surface area (Å²) in [5.74, 6) is -1.87. The Hall–Kier alpha value is -3.29. The van der Waals surface area contributed by atoms with E-state index in [9.17, 15) is 19.5 Å². The summed E-state index contributed by atoms with van der Waals surface area (Å²) in [6, 6.07) is 6.42. The van der Waals surface area contributed by atoms with Crippen molar-refractivity contribution in [3.63, 3.8) is 0 Å². The maximum absolute atomic E-state index is 13.0. The Balaban J connectivity index is 1.59. The van der Waals surface area contributed by atoms with Gasteiger partial charge >= 0.3 is 5.97 Å². The number of hydrogen-bond acceptors (Lipinski definition) is 10. The zero-order chi connectivity index (χ0) is 26.0. The van der Waals surface area contributed by atoms with Crippen LogP contribution < -0.4 is 15.8 Å². The number of thioether (sulfide) groups is 1. The van der Waals surface area contributed by atoms with E-state index in [2.05, 4.69) is 15.5 Å². The number of aromatic nitrogens is 1. The summed E-state index contributed by atoms with van der Waals surface area (Å²) in [5, 5.41) is 17.1. The van der Waals surface area contributed by atoms with Gasteiger partial charge in [-0.25, -0.2) is 9.78 Å². The Morgan fingerprint density at radius 1 is 1.31 bits per heavy atom. The monoisotopic (exact) mass is 551 g/mol. The SMILES string of the molecule is CO/N=C(\C(=O)N[C@@H]1C(=O)N2C(C(=O)O)=C(CCl)C(Cc3ccc(OC)cc3)S[C@H]12)c1csc(N)n1. The number of thiazole rings is 1. The molecule has 1 unspecified atom stereocenters. The number of oxime groups is 1. The van der Waals surface area contributed by atoms with Gasteiger partial charge in [-0.2, -0.15) is 0 Å². The second-order valence-electron chi connectivity index (χ2n) is 7.73. The lowest BCUT2D eigenvalue weighted by molar-refractivity contribution is -0.150. The third kappa shape index (κ3) is 4.86. The van der Waals surface area contributed by atoms with E-state index < -0.39 is 29.2 Å². The van der Waals surface area contributed by atoms with Crippen LogP contribution in [0.4, 0.5) is 5.13 Å². The minimum absolute atomic E-state index is 0.0567. The van der Waals surface area contributed by atoms with Crippen LogP contribution in [0, 0.1) is 0 Å². The molecule has 3 atom stereocenters. The highest BCUT2D eigenvalue weighted by atomic mass is 35.5. The van der Waals surface area contributed by atoms with Gasteiger partial charge in [-0.05, 0) is 29.7 Å². The van der Waals surface area contributed by atoms with Crippen molar-refractivity contribution in [1.82, 2.24) is 15.2 Å². The lowest BCUT2D eigenvalue weighted by Gasteiger charge is -2.51. The topological polar surface area (TPSA) is 156 Å². The first-order valence-electron chi connectivity index (χ1n) is 10.6. The van der Waals surface area contributed by atoms with Gasteiger partial charge in [0.05, 0.1) is 7.11 Å². The number of carboxylic acids is 1. The number of methoxy groups -OCH3 is 1. The van der Waals surface area contributed by atoms with Crippen LogP contribution in [0.25, 0.3) is 0 Å². The minimum atomic E-state index is -1.26. The van der Waals surface area contributed by atoms with Crippen molar-refractivity contribution in [3.8, 4) is 5.75 Å². The molecule has 3 heterocycles. The molecule has 4 rings (SSSR count). The van der Waals surface area contributed by atoms with Crippen molar-refractivity contribution < 1.29 is 29.1 Å². The molecule has 1 fully saturated rings. The quantitative estimate of drug-likeness (QED) is 0.182. The van der Waals surface area contributed by atoms with Gasteiger partial charge < -0.3 is 25.7 Å².